The summed E-state index contributed by atoms with van der Waals surface area (Å²) in [4.78, 5) is 0. The van der Waals surface area contributed by atoms with E-state index in [1.807, 2.05) is 0 Å². The average molecular weight is 212 g/mol. The predicted molar refractivity (Wildman–Crippen MR) is 60.6 cm³/mol. The van der Waals surface area contributed by atoms with Crippen molar-refractivity contribution >= 4 is 0 Å². The Labute approximate surface area is 93.0 Å². The van der Waals surface area contributed by atoms with Gasteiger partial charge in [0.15, 0.2) is 0 Å². The molecule has 0 radical (unpaired) electrons. The number of aliphatic hydroxyl groups is 1. The molecule has 2 nitrogen and oxygen atoms in total. The molecule has 2 saturated carbocycles. The molecule has 0 saturated heterocycles. The smallest absolute Gasteiger partial charge is 0.0827 e. The van der Waals surface area contributed by atoms with Crippen molar-refractivity contribution in [1.29, 1.82) is 0 Å². The van der Waals surface area contributed by atoms with Crippen LogP contribution >= 0.6 is 0 Å². The van der Waals surface area contributed by atoms with Gasteiger partial charge in [-0.05, 0) is 49.9 Å². The zero-order valence-corrected chi connectivity index (χ0v) is 9.98. The van der Waals surface area contributed by atoms with Crippen molar-refractivity contribution in [2.24, 2.45) is 17.8 Å². The van der Waals surface area contributed by atoms with E-state index in [-0.39, 0.29) is 12.2 Å². The van der Waals surface area contributed by atoms with Crippen LogP contribution in [0.5, 0.6) is 0 Å². The second kappa shape index (κ2) is 4.84. The van der Waals surface area contributed by atoms with E-state index in [0.29, 0.717) is 0 Å². The molecule has 2 rings (SSSR count). The Kier molecular flexibility index (Phi) is 3.68. The van der Waals surface area contributed by atoms with E-state index in [0.717, 1.165) is 30.6 Å². The highest BCUT2D eigenvalue weighted by Gasteiger charge is 2.40. The van der Waals surface area contributed by atoms with Gasteiger partial charge in [-0.1, -0.05) is 13.3 Å². The van der Waals surface area contributed by atoms with Gasteiger partial charge in [0.25, 0.3) is 0 Å². The molecule has 0 spiro atoms. The van der Waals surface area contributed by atoms with Crippen molar-refractivity contribution in [1.82, 2.24) is 0 Å². The van der Waals surface area contributed by atoms with Crippen LogP contribution in [0.4, 0.5) is 0 Å². The summed E-state index contributed by atoms with van der Waals surface area (Å²) in [5.74, 6) is 2.68. The molecule has 0 amide bonds. The van der Waals surface area contributed by atoms with Crippen LogP contribution < -0.4 is 0 Å². The molecule has 5 unspecified atom stereocenters. The number of methoxy groups -OCH3 is 1. The fraction of sp³-hybridized carbons (Fsp3) is 1.00. The van der Waals surface area contributed by atoms with Crippen molar-refractivity contribution in [3.05, 3.63) is 0 Å². The van der Waals surface area contributed by atoms with E-state index in [4.69, 9.17) is 4.74 Å². The Bertz CT molecular complexity index is 201. The standard InChI is InChI=1S/C13H24O2/c1-3-13(15-2)12(14)8-11-7-9-4-5-10(11)6-9/h9-14H,3-8H2,1-2H3. The van der Waals surface area contributed by atoms with Crippen LogP contribution in [0.2, 0.25) is 0 Å². The zero-order chi connectivity index (χ0) is 10.8. The first kappa shape index (κ1) is 11.4. The van der Waals surface area contributed by atoms with Gasteiger partial charge < -0.3 is 9.84 Å². The molecule has 5 atom stereocenters. The van der Waals surface area contributed by atoms with E-state index in [1.165, 1.54) is 25.7 Å². The van der Waals surface area contributed by atoms with Crippen molar-refractivity contribution < 1.29 is 9.84 Å². The summed E-state index contributed by atoms with van der Waals surface area (Å²) in [5.41, 5.74) is 0. The normalized spacial score (nSPS) is 38.2. The van der Waals surface area contributed by atoms with Gasteiger partial charge in [0.1, 0.15) is 0 Å². The SMILES string of the molecule is CCC(OC)C(O)CC1CC2CCC1C2. The number of hydrogen-bond acceptors (Lipinski definition) is 2. The molecule has 2 aliphatic rings. The van der Waals surface area contributed by atoms with Crippen molar-refractivity contribution in [3.8, 4) is 0 Å². The van der Waals surface area contributed by atoms with Crippen molar-refractivity contribution in [2.75, 3.05) is 7.11 Å². The molecule has 2 fully saturated rings. The average Bonchev–Trinajstić information content (AvgIpc) is 2.81. The highest BCUT2D eigenvalue weighted by Crippen LogP contribution is 2.50. The van der Waals surface area contributed by atoms with Gasteiger partial charge in [-0.2, -0.15) is 0 Å². The number of fused-ring (bicyclic) bond motifs is 2. The maximum atomic E-state index is 10.1. The van der Waals surface area contributed by atoms with Crippen LogP contribution in [0.1, 0.15) is 45.4 Å². The minimum absolute atomic E-state index is 0.0455. The summed E-state index contributed by atoms with van der Waals surface area (Å²) in [5, 5.41) is 10.1. The Balaban J connectivity index is 1.81. The van der Waals surface area contributed by atoms with Gasteiger partial charge in [-0.3, -0.25) is 0 Å². The lowest BCUT2D eigenvalue weighted by Crippen LogP contribution is -2.30. The van der Waals surface area contributed by atoms with Crippen molar-refractivity contribution in [2.45, 2.75) is 57.7 Å². The van der Waals surface area contributed by atoms with E-state index >= 15 is 0 Å². The molecule has 1 N–H and O–H groups in total. The molecule has 0 aliphatic heterocycles. The molecule has 88 valence electrons. The van der Waals surface area contributed by atoms with E-state index in [2.05, 4.69) is 6.92 Å². The van der Waals surface area contributed by atoms with Crippen LogP contribution in [-0.4, -0.2) is 24.4 Å². The second-order valence-corrected chi connectivity index (χ2v) is 5.42. The molecule has 2 heteroatoms. The summed E-state index contributed by atoms with van der Waals surface area (Å²) in [6.07, 6.45) is 7.33. The van der Waals surface area contributed by atoms with Crippen LogP contribution in [0.3, 0.4) is 0 Å². The molecule has 0 aromatic rings. The number of hydrogen-bond donors (Lipinski definition) is 1. The molecular formula is C13H24O2. The number of aliphatic hydroxyl groups excluding tert-OH is 1. The van der Waals surface area contributed by atoms with E-state index in [1.54, 1.807) is 7.11 Å². The highest BCUT2D eigenvalue weighted by atomic mass is 16.5. The Hall–Kier alpha value is -0.0800. The molecule has 0 aromatic carbocycles. The van der Waals surface area contributed by atoms with Crippen LogP contribution in [0.25, 0.3) is 0 Å². The van der Waals surface area contributed by atoms with Gasteiger partial charge in [-0.15, -0.1) is 0 Å². The van der Waals surface area contributed by atoms with Crippen LogP contribution in [0.15, 0.2) is 0 Å². The first-order valence-electron chi connectivity index (χ1n) is 6.45. The second-order valence-electron chi connectivity index (χ2n) is 5.42. The minimum Gasteiger partial charge on any atom is -0.390 e. The maximum Gasteiger partial charge on any atom is 0.0827 e. The lowest BCUT2D eigenvalue weighted by molar-refractivity contribution is -0.0281. The molecule has 0 aromatic heterocycles. The first-order chi connectivity index (χ1) is 7.24. The summed E-state index contributed by atoms with van der Waals surface area (Å²) in [7, 11) is 1.71. The number of ether oxygens (including phenoxy) is 1. The highest BCUT2D eigenvalue weighted by molar-refractivity contribution is 4.91. The Morgan fingerprint density at radius 2 is 2.13 bits per heavy atom. The monoisotopic (exact) mass is 212 g/mol. The molecule has 15 heavy (non-hydrogen) atoms. The maximum absolute atomic E-state index is 10.1. The van der Waals surface area contributed by atoms with Gasteiger partial charge in [-0.25, -0.2) is 0 Å². The lowest BCUT2D eigenvalue weighted by atomic mass is 9.83. The van der Waals surface area contributed by atoms with Gasteiger partial charge in [0, 0.05) is 7.11 Å². The third-order valence-electron chi connectivity index (χ3n) is 4.56. The molecular weight excluding hydrogens is 188 g/mol. The predicted octanol–water partition coefficient (Wildman–Crippen LogP) is 2.60. The summed E-state index contributed by atoms with van der Waals surface area (Å²) in [6.45, 7) is 2.08. The largest absolute Gasteiger partial charge is 0.390 e. The van der Waals surface area contributed by atoms with Gasteiger partial charge in [0.05, 0.1) is 12.2 Å². The van der Waals surface area contributed by atoms with Gasteiger partial charge in [0.2, 0.25) is 0 Å². The summed E-state index contributed by atoms with van der Waals surface area (Å²) in [6, 6.07) is 0. The molecule has 0 heterocycles. The fourth-order valence-corrected chi connectivity index (χ4v) is 3.72. The van der Waals surface area contributed by atoms with Crippen molar-refractivity contribution in [3.63, 3.8) is 0 Å². The lowest BCUT2D eigenvalue weighted by Gasteiger charge is -2.27. The molecule has 2 bridgehead atoms. The van der Waals surface area contributed by atoms with Gasteiger partial charge >= 0.3 is 0 Å². The number of rotatable bonds is 5. The molecule has 2 aliphatic carbocycles. The third kappa shape index (κ3) is 2.36. The third-order valence-corrected chi connectivity index (χ3v) is 4.56. The summed E-state index contributed by atoms with van der Waals surface area (Å²) < 4.78 is 5.30. The fourth-order valence-electron chi connectivity index (χ4n) is 3.72. The Morgan fingerprint density at radius 3 is 2.60 bits per heavy atom. The summed E-state index contributed by atoms with van der Waals surface area (Å²) >= 11 is 0. The van der Waals surface area contributed by atoms with E-state index < -0.39 is 0 Å². The quantitative estimate of drug-likeness (QED) is 0.759. The Morgan fingerprint density at radius 1 is 1.33 bits per heavy atom. The zero-order valence-electron chi connectivity index (χ0n) is 9.98. The minimum atomic E-state index is -0.246. The first-order valence-corrected chi connectivity index (χ1v) is 6.45. The van der Waals surface area contributed by atoms with Crippen LogP contribution in [-0.2, 0) is 4.74 Å². The van der Waals surface area contributed by atoms with Crippen LogP contribution in [0, 0.1) is 17.8 Å². The van der Waals surface area contributed by atoms with E-state index in [9.17, 15) is 5.11 Å². The topological polar surface area (TPSA) is 29.5 Å².